The summed E-state index contributed by atoms with van der Waals surface area (Å²) in [5, 5.41) is 37.5. The van der Waals surface area contributed by atoms with Crippen LogP contribution >= 0.6 is 0 Å². The van der Waals surface area contributed by atoms with Gasteiger partial charge in [-0.05, 0) is 11.6 Å². The molecule has 4 rings (SSSR count). The van der Waals surface area contributed by atoms with Gasteiger partial charge in [0.2, 0.25) is 0 Å². The summed E-state index contributed by atoms with van der Waals surface area (Å²) in [6, 6.07) is 3.66. The molecular formula is C16H18N8O4. The minimum absolute atomic E-state index is 0.0161. The second-order valence-corrected chi connectivity index (χ2v) is 6.22. The smallest absolute Gasteiger partial charge is 0.272 e. The van der Waals surface area contributed by atoms with Gasteiger partial charge in [0, 0.05) is 12.4 Å². The van der Waals surface area contributed by atoms with Crippen LogP contribution in [-0.4, -0.2) is 64.7 Å². The van der Waals surface area contributed by atoms with Crippen molar-refractivity contribution in [3.63, 3.8) is 0 Å². The summed E-state index contributed by atoms with van der Waals surface area (Å²) in [5.41, 5.74) is 7.37. The van der Waals surface area contributed by atoms with Crippen molar-refractivity contribution in [1.82, 2.24) is 24.5 Å². The van der Waals surface area contributed by atoms with Gasteiger partial charge >= 0.3 is 0 Å². The molecule has 1 unspecified atom stereocenters. The standard InChI is InChI=1S/C16H18N8O4/c17-13-10-14(22-16(21-13)23-20-5-8-2-1-3-18-4-8)24(7-19-10)15-12(27)11(26)9(6-25)28-15/h1-4,7,9,11-12,15,25-27H,5-6H2,(H2,17,21,22)/t9-,11-,12-,15?/m1/s1. The Bertz CT molecular complexity index is 995. The third kappa shape index (κ3) is 3.29. The number of nitrogens with two attached hydrogens (primary N) is 1. The summed E-state index contributed by atoms with van der Waals surface area (Å²) >= 11 is 0. The second-order valence-electron chi connectivity index (χ2n) is 6.22. The number of aliphatic hydroxyl groups excluding tert-OH is 3. The van der Waals surface area contributed by atoms with Crippen LogP contribution in [0.1, 0.15) is 11.8 Å². The van der Waals surface area contributed by atoms with Gasteiger partial charge in [-0.15, -0.1) is 5.11 Å². The van der Waals surface area contributed by atoms with Gasteiger partial charge in [0.25, 0.3) is 5.95 Å². The predicted octanol–water partition coefficient (Wildman–Crippen LogP) is -0.301. The lowest BCUT2D eigenvalue weighted by Crippen LogP contribution is -2.33. The van der Waals surface area contributed by atoms with E-state index in [-0.39, 0.29) is 17.4 Å². The Labute approximate surface area is 158 Å². The van der Waals surface area contributed by atoms with Crippen molar-refractivity contribution in [2.75, 3.05) is 12.3 Å². The fourth-order valence-electron chi connectivity index (χ4n) is 2.94. The third-order valence-electron chi connectivity index (χ3n) is 4.36. The van der Waals surface area contributed by atoms with Crippen molar-refractivity contribution in [3.8, 4) is 0 Å². The molecule has 0 bridgehead atoms. The molecule has 3 aromatic rings. The molecule has 1 aliphatic rings. The first-order chi connectivity index (χ1) is 13.6. The lowest BCUT2D eigenvalue weighted by atomic mass is 10.1. The van der Waals surface area contributed by atoms with E-state index in [1.807, 2.05) is 6.07 Å². The number of rotatable bonds is 5. The molecule has 1 aliphatic heterocycles. The van der Waals surface area contributed by atoms with Crippen LogP contribution in [0.15, 0.2) is 41.1 Å². The fourth-order valence-corrected chi connectivity index (χ4v) is 2.94. The first-order valence-electron chi connectivity index (χ1n) is 8.47. The Morgan fingerprint density at radius 1 is 1.25 bits per heavy atom. The highest BCUT2D eigenvalue weighted by atomic mass is 16.6. The Balaban J connectivity index is 1.63. The van der Waals surface area contributed by atoms with Crippen molar-refractivity contribution in [2.45, 2.75) is 31.1 Å². The first-order valence-corrected chi connectivity index (χ1v) is 8.47. The monoisotopic (exact) mass is 386 g/mol. The highest BCUT2D eigenvalue weighted by molar-refractivity contribution is 5.82. The number of pyridine rings is 1. The molecule has 0 aromatic carbocycles. The largest absolute Gasteiger partial charge is 0.394 e. The predicted molar refractivity (Wildman–Crippen MR) is 95.2 cm³/mol. The molecule has 12 heteroatoms. The Kier molecular flexibility index (Phi) is 4.92. The Morgan fingerprint density at radius 2 is 2.11 bits per heavy atom. The molecule has 146 valence electrons. The number of ether oxygens (including phenoxy) is 1. The Morgan fingerprint density at radius 3 is 2.82 bits per heavy atom. The van der Waals surface area contributed by atoms with Gasteiger partial charge in [-0.2, -0.15) is 15.1 Å². The van der Waals surface area contributed by atoms with Crippen LogP contribution in [0.5, 0.6) is 0 Å². The van der Waals surface area contributed by atoms with E-state index in [1.165, 1.54) is 10.9 Å². The summed E-state index contributed by atoms with van der Waals surface area (Å²) in [6.45, 7) is -0.143. The van der Waals surface area contributed by atoms with E-state index >= 15 is 0 Å². The van der Waals surface area contributed by atoms with Crippen LogP contribution in [0, 0.1) is 0 Å². The number of nitrogen functional groups attached to an aromatic ring is 1. The number of aromatic nitrogens is 5. The molecule has 4 heterocycles. The number of nitrogens with zero attached hydrogens (tertiary/aromatic N) is 7. The number of imidazole rings is 1. The molecule has 0 amide bonds. The van der Waals surface area contributed by atoms with Gasteiger partial charge in [-0.25, -0.2) is 4.98 Å². The summed E-state index contributed by atoms with van der Waals surface area (Å²) in [7, 11) is 0. The summed E-state index contributed by atoms with van der Waals surface area (Å²) in [6.07, 6.45) is 0.270. The Hall–Kier alpha value is -3.06. The summed E-state index contributed by atoms with van der Waals surface area (Å²) in [5.74, 6) is 0.105. The zero-order chi connectivity index (χ0) is 19.7. The van der Waals surface area contributed by atoms with E-state index in [4.69, 9.17) is 10.5 Å². The molecular weight excluding hydrogens is 368 g/mol. The van der Waals surface area contributed by atoms with Crippen LogP contribution in [0.2, 0.25) is 0 Å². The summed E-state index contributed by atoms with van der Waals surface area (Å²) < 4.78 is 6.93. The minimum Gasteiger partial charge on any atom is -0.394 e. The molecule has 28 heavy (non-hydrogen) atoms. The molecule has 3 aromatic heterocycles. The quantitative estimate of drug-likeness (QED) is 0.428. The van der Waals surface area contributed by atoms with E-state index in [9.17, 15) is 15.3 Å². The molecule has 1 fully saturated rings. The van der Waals surface area contributed by atoms with E-state index in [0.717, 1.165) is 5.56 Å². The number of hydrogen-bond acceptors (Lipinski definition) is 11. The molecule has 4 atom stereocenters. The van der Waals surface area contributed by atoms with E-state index < -0.39 is 31.1 Å². The number of aliphatic hydroxyl groups is 3. The van der Waals surface area contributed by atoms with Gasteiger partial charge in [0.15, 0.2) is 17.7 Å². The zero-order valence-corrected chi connectivity index (χ0v) is 14.6. The number of azo groups is 1. The SMILES string of the molecule is Nc1nc(N=NCc2cccnc2)nc2c1ncn2C1O[C@H](CO)[C@@H](O)[C@H]1O. The molecule has 0 saturated carbocycles. The van der Waals surface area contributed by atoms with E-state index in [0.29, 0.717) is 12.1 Å². The van der Waals surface area contributed by atoms with E-state index in [2.05, 4.69) is 30.2 Å². The van der Waals surface area contributed by atoms with Gasteiger partial charge in [0.1, 0.15) is 23.8 Å². The van der Waals surface area contributed by atoms with Crippen LogP contribution in [0.25, 0.3) is 11.2 Å². The number of fused-ring (bicyclic) bond motifs is 1. The third-order valence-corrected chi connectivity index (χ3v) is 4.36. The first kappa shape index (κ1) is 18.3. The molecule has 0 radical (unpaired) electrons. The normalized spacial score (nSPS) is 25.1. The molecule has 1 saturated heterocycles. The topological polar surface area (TPSA) is 177 Å². The van der Waals surface area contributed by atoms with Gasteiger partial charge in [-0.3, -0.25) is 9.55 Å². The number of anilines is 1. The highest BCUT2D eigenvalue weighted by Gasteiger charge is 2.44. The van der Waals surface area contributed by atoms with Crippen molar-refractivity contribution < 1.29 is 20.1 Å². The fraction of sp³-hybridized carbons (Fsp3) is 0.375. The van der Waals surface area contributed by atoms with Crippen LogP contribution in [0.4, 0.5) is 11.8 Å². The molecule has 12 nitrogen and oxygen atoms in total. The van der Waals surface area contributed by atoms with Gasteiger partial charge in [0.05, 0.1) is 19.5 Å². The van der Waals surface area contributed by atoms with Crippen LogP contribution < -0.4 is 5.73 Å². The molecule has 5 N–H and O–H groups in total. The lowest BCUT2D eigenvalue weighted by Gasteiger charge is -2.16. The maximum atomic E-state index is 10.2. The highest BCUT2D eigenvalue weighted by Crippen LogP contribution is 2.32. The van der Waals surface area contributed by atoms with Gasteiger partial charge in [-0.1, -0.05) is 6.07 Å². The van der Waals surface area contributed by atoms with E-state index in [1.54, 1.807) is 18.5 Å². The maximum Gasteiger partial charge on any atom is 0.272 e. The van der Waals surface area contributed by atoms with Crippen LogP contribution in [-0.2, 0) is 11.3 Å². The molecule has 0 spiro atoms. The second kappa shape index (κ2) is 7.52. The van der Waals surface area contributed by atoms with Crippen molar-refractivity contribution in [3.05, 3.63) is 36.4 Å². The van der Waals surface area contributed by atoms with Crippen molar-refractivity contribution >= 4 is 22.9 Å². The average molecular weight is 386 g/mol. The zero-order valence-electron chi connectivity index (χ0n) is 14.6. The van der Waals surface area contributed by atoms with Crippen molar-refractivity contribution in [1.29, 1.82) is 0 Å². The number of hydrogen-bond donors (Lipinski definition) is 4. The van der Waals surface area contributed by atoms with Gasteiger partial charge < -0.3 is 25.8 Å². The summed E-state index contributed by atoms with van der Waals surface area (Å²) in [4.78, 5) is 16.5. The van der Waals surface area contributed by atoms with Crippen molar-refractivity contribution in [2.24, 2.45) is 10.2 Å². The molecule has 0 aliphatic carbocycles. The van der Waals surface area contributed by atoms with Crippen LogP contribution in [0.3, 0.4) is 0 Å². The maximum absolute atomic E-state index is 10.2. The average Bonchev–Trinajstić information content (AvgIpc) is 3.24. The minimum atomic E-state index is -1.28. The lowest BCUT2D eigenvalue weighted by molar-refractivity contribution is -0.0511.